The first kappa shape index (κ1) is 24.0. The lowest BCUT2D eigenvalue weighted by molar-refractivity contribution is -0.138. The minimum absolute atomic E-state index is 0.0551. The summed E-state index contributed by atoms with van der Waals surface area (Å²) in [6.45, 7) is 3.40. The molecule has 1 N–H and O–H groups in total. The molecule has 6 heteroatoms. The fourth-order valence-electron chi connectivity index (χ4n) is 3.88. The molecule has 1 atom stereocenters. The van der Waals surface area contributed by atoms with Crippen molar-refractivity contribution in [2.45, 2.75) is 83.6 Å². The summed E-state index contributed by atoms with van der Waals surface area (Å²) >= 11 is 12.1. The van der Waals surface area contributed by atoms with Gasteiger partial charge in [-0.2, -0.15) is 0 Å². The normalized spacial score (nSPS) is 16.2. The molecule has 1 aromatic rings. The summed E-state index contributed by atoms with van der Waals surface area (Å²) in [4.78, 5) is 27.0. The van der Waals surface area contributed by atoms with Gasteiger partial charge in [0.05, 0.1) is 0 Å². The maximum Gasteiger partial charge on any atom is 0.242 e. The van der Waals surface area contributed by atoms with E-state index in [1.807, 2.05) is 6.07 Å². The zero-order valence-electron chi connectivity index (χ0n) is 17.5. The number of carbonyl (C=O) groups excluding carboxylic acids is 2. The van der Waals surface area contributed by atoms with Crippen molar-refractivity contribution in [2.24, 2.45) is 0 Å². The molecule has 0 radical (unpaired) electrons. The van der Waals surface area contributed by atoms with Gasteiger partial charge in [0.2, 0.25) is 11.8 Å². The van der Waals surface area contributed by atoms with Gasteiger partial charge in [-0.15, -0.1) is 0 Å². The second-order valence-electron chi connectivity index (χ2n) is 7.89. The van der Waals surface area contributed by atoms with E-state index in [4.69, 9.17) is 23.2 Å². The van der Waals surface area contributed by atoms with E-state index >= 15 is 0 Å². The Morgan fingerprint density at radius 3 is 2.55 bits per heavy atom. The van der Waals surface area contributed by atoms with Crippen molar-refractivity contribution in [3.05, 3.63) is 33.8 Å². The van der Waals surface area contributed by atoms with Gasteiger partial charge < -0.3 is 10.2 Å². The molecule has 0 aromatic heterocycles. The number of unbranched alkanes of at least 4 members (excludes halogenated alkanes) is 6. The standard InChI is InChI=1S/C23H34Cl2N2O2/c1-2-3-4-5-6-7-8-11-22(28)27-16-9-10-21(27)23(29)26-15-14-18-12-13-19(24)17-20(18)25/h12-13,17,21H,2-11,14-16H2,1H3,(H,26,29). The predicted molar refractivity (Wildman–Crippen MR) is 121 cm³/mol. The number of hydrogen-bond acceptors (Lipinski definition) is 2. The van der Waals surface area contributed by atoms with Crippen LogP contribution in [0.1, 0.15) is 76.7 Å². The number of amides is 2. The molecule has 1 aromatic carbocycles. The second kappa shape index (κ2) is 13.1. The Balaban J connectivity index is 1.70. The molecule has 0 bridgehead atoms. The van der Waals surface area contributed by atoms with Crippen molar-refractivity contribution in [3.8, 4) is 0 Å². The summed E-state index contributed by atoms with van der Waals surface area (Å²) in [5.74, 6) is 0.0671. The van der Waals surface area contributed by atoms with Gasteiger partial charge in [0, 0.05) is 29.6 Å². The molecule has 29 heavy (non-hydrogen) atoms. The quantitative estimate of drug-likeness (QED) is 0.418. The molecule has 1 aliphatic heterocycles. The van der Waals surface area contributed by atoms with Crippen molar-refractivity contribution in [2.75, 3.05) is 13.1 Å². The highest BCUT2D eigenvalue weighted by Gasteiger charge is 2.33. The summed E-state index contributed by atoms with van der Waals surface area (Å²) in [5, 5.41) is 4.18. The minimum Gasteiger partial charge on any atom is -0.354 e. The van der Waals surface area contributed by atoms with Gasteiger partial charge >= 0.3 is 0 Å². The van der Waals surface area contributed by atoms with E-state index in [1.165, 1.54) is 32.1 Å². The van der Waals surface area contributed by atoms with Crippen LogP contribution in [0.4, 0.5) is 0 Å². The molecule has 1 fully saturated rings. The van der Waals surface area contributed by atoms with E-state index in [0.717, 1.165) is 31.2 Å². The Morgan fingerprint density at radius 1 is 1.10 bits per heavy atom. The number of nitrogens with zero attached hydrogens (tertiary/aromatic N) is 1. The maximum atomic E-state index is 12.6. The lowest BCUT2D eigenvalue weighted by atomic mass is 10.1. The zero-order valence-corrected chi connectivity index (χ0v) is 19.0. The molecule has 0 spiro atoms. The van der Waals surface area contributed by atoms with Crippen LogP contribution in [0.5, 0.6) is 0 Å². The summed E-state index contributed by atoms with van der Waals surface area (Å²) in [6.07, 6.45) is 11.2. The third kappa shape index (κ3) is 8.18. The number of halogens is 2. The third-order valence-corrected chi connectivity index (χ3v) is 6.17. The van der Waals surface area contributed by atoms with Crippen LogP contribution in [0.2, 0.25) is 10.0 Å². The van der Waals surface area contributed by atoms with Crippen LogP contribution >= 0.6 is 23.2 Å². The first-order chi connectivity index (χ1) is 14.0. The number of likely N-dealkylation sites (tertiary alicyclic amines) is 1. The Kier molecular flexibility index (Phi) is 10.9. The predicted octanol–water partition coefficient (Wildman–Crippen LogP) is 5.78. The Morgan fingerprint density at radius 2 is 1.83 bits per heavy atom. The topological polar surface area (TPSA) is 49.4 Å². The molecule has 0 saturated carbocycles. The van der Waals surface area contributed by atoms with Gasteiger partial charge in [0.1, 0.15) is 6.04 Å². The van der Waals surface area contributed by atoms with Crippen LogP contribution in [-0.2, 0) is 16.0 Å². The Bertz CT molecular complexity index is 666. The molecule has 4 nitrogen and oxygen atoms in total. The van der Waals surface area contributed by atoms with Crippen molar-refractivity contribution in [1.82, 2.24) is 10.2 Å². The van der Waals surface area contributed by atoms with Crippen LogP contribution in [0.25, 0.3) is 0 Å². The average Bonchev–Trinajstić information content (AvgIpc) is 3.19. The molecule has 2 rings (SSSR count). The first-order valence-electron chi connectivity index (χ1n) is 11.0. The van der Waals surface area contributed by atoms with Crippen molar-refractivity contribution < 1.29 is 9.59 Å². The number of rotatable bonds is 12. The third-order valence-electron chi connectivity index (χ3n) is 5.58. The van der Waals surface area contributed by atoms with E-state index in [2.05, 4.69) is 12.2 Å². The summed E-state index contributed by atoms with van der Waals surface area (Å²) in [7, 11) is 0. The van der Waals surface area contributed by atoms with Crippen LogP contribution in [0.3, 0.4) is 0 Å². The molecular formula is C23H34Cl2N2O2. The summed E-state index contributed by atoms with van der Waals surface area (Å²) < 4.78 is 0. The highest BCUT2D eigenvalue weighted by atomic mass is 35.5. The Hall–Kier alpha value is -1.26. The molecule has 1 heterocycles. The van der Waals surface area contributed by atoms with Crippen LogP contribution in [0, 0.1) is 0 Å². The molecule has 162 valence electrons. The SMILES string of the molecule is CCCCCCCCCC(=O)N1CCCC1C(=O)NCCc1ccc(Cl)cc1Cl. The highest BCUT2D eigenvalue weighted by Crippen LogP contribution is 2.22. The molecule has 2 amide bonds. The van der Waals surface area contributed by atoms with Gasteiger partial charge in [-0.05, 0) is 43.4 Å². The largest absolute Gasteiger partial charge is 0.354 e. The van der Waals surface area contributed by atoms with Crippen molar-refractivity contribution in [1.29, 1.82) is 0 Å². The van der Waals surface area contributed by atoms with Crippen molar-refractivity contribution in [3.63, 3.8) is 0 Å². The van der Waals surface area contributed by atoms with Gasteiger partial charge in [0.15, 0.2) is 0 Å². The van der Waals surface area contributed by atoms with Crippen LogP contribution in [-0.4, -0.2) is 35.8 Å². The van der Waals surface area contributed by atoms with E-state index < -0.39 is 0 Å². The molecular weight excluding hydrogens is 407 g/mol. The van der Waals surface area contributed by atoms with E-state index in [1.54, 1.807) is 17.0 Å². The fraction of sp³-hybridized carbons (Fsp3) is 0.652. The smallest absolute Gasteiger partial charge is 0.242 e. The number of nitrogens with one attached hydrogen (secondary N) is 1. The molecule has 0 aliphatic carbocycles. The average molecular weight is 441 g/mol. The number of benzene rings is 1. The second-order valence-corrected chi connectivity index (χ2v) is 8.74. The van der Waals surface area contributed by atoms with Crippen molar-refractivity contribution >= 4 is 35.0 Å². The molecule has 1 aliphatic rings. The first-order valence-corrected chi connectivity index (χ1v) is 11.8. The number of carbonyl (C=O) groups is 2. The lowest BCUT2D eigenvalue weighted by Gasteiger charge is -2.24. The van der Waals surface area contributed by atoms with Crippen LogP contribution < -0.4 is 5.32 Å². The van der Waals surface area contributed by atoms with E-state index in [-0.39, 0.29) is 17.9 Å². The van der Waals surface area contributed by atoms with E-state index in [9.17, 15) is 9.59 Å². The van der Waals surface area contributed by atoms with Gasteiger partial charge in [-0.3, -0.25) is 9.59 Å². The van der Waals surface area contributed by atoms with Crippen LogP contribution in [0.15, 0.2) is 18.2 Å². The maximum absolute atomic E-state index is 12.6. The Labute approximate surface area is 185 Å². The fourth-order valence-corrected chi connectivity index (χ4v) is 4.38. The zero-order chi connectivity index (χ0) is 21.1. The van der Waals surface area contributed by atoms with Gasteiger partial charge in [0.25, 0.3) is 0 Å². The van der Waals surface area contributed by atoms with Gasteiger partial charge in [-0.1, -0.05) is 74.7 Å². The monoisotopic (exact) mass is 440 g/mol. The molecule has 1 saturated heterocycles. The lowest BCUT2D eigenvalue weighted by Crippen LogP contribution is -2.46. The molecule has 1 unspecified atom stereocenters. The van der Waals surface area contributed by atoms with Gasteiger partial charge in [-0.25, -0.2) is 0 Å². The highest BCUT2D eigenvalue weighted by molar-refractivity contribution is 6.35. The minimum atomic E-state index is -0.326. The summed E-state index contributed by atoms with van der Waals surface area (Å²) in [5.41, 5.74) is 0.953. The number of hydrogen-bond donors (Lipinski definition) is 1. The summed E-state index contributed by atoms with van der Waals surface area (Å²) in [6, 6.07) is 5.06. The van der Waals surface area contributed by atoms with E-state index in [0.29, 0.717) is 36.0 Å².